The maximum atomic E-state index is 13.3. The van der Waals surface area contributed by atoms with Gasteiger partial charge in [0.15, 0.2) is 5.96 Å². The van der Waals surface area contributed by atoms with Crippen LogP contribution in [0.1, 0.15) is 37.8 Å². The molecule has 0 radical (unpaired) electrons. The Labute approximate surface area is 183 Å². The van der Waals surface area contributed by atoms with Gasteiger partial charge in [0.05, 0.1) is 13.1 Å². The fourth-order valence-corrected chi connectivity index (χ4v) is 3.50. The van der Waals surface area contributed by atoms with Crippen molar-refractivity contribution in [2.24, 2.45) is 4.99 Å². The number of carbonyl (C=O) groups excluding carboxylic acids is 1. The second-order valence-electron chi connectivity index (χ2n) is 7.65. The average molecular weight is 427 g/mol. The number of nitrogens with one attached hydrogen (secondary N) is 2. The Hall–Kier alpha value is -3.09. The van der Waals surface area contributed by atoms with Crippen molar-refractivity contribution in [3.05, 3.63) is 65.5 Å². The Morgan fingerprint density at radius 2 is 2.00 bits per heavy atom. The maximum absolute atomic E-state index is 13.3. The number of hydrogen-bond donors (Lipinski definition) is 2. The zero-order chi connectivity index (χ0) is 22.1. The van der Waals surface area contributed by atoms with Crippen LogP contribution in [0.15, 0.2) is 53.5 Å². The van der Waals surface area contributed by atoms with Gasteiger partial charge in [0, 0.05) is 32.1 Å². The number of carbonyl (C=O) groups is 1. The van der Waals surface area contributed by atoms with Gasteiger partial charge in [-0.1, -0.05) is 30.3 Å². The van der Waals surface area contributed by atoms with Crippen LogP contribution in [0.2, 0.25) is 0 Å². The standard InChI is InChI=1S/C24H31FN4O2/c1-3-26-24(27-15-18(2)31-22-11-6-10-21(25)14-22)28-16-19-8-4-5-9-20(19)17-29-13-7-12-23(29)30/h4-6,8-11,14,18H,3,7,12-13,15-17H2,1-2H3,(H2,26,27,28). The molecular formula is C24H31FN4O2. The van der Waals surface area contributed by atoms with Gasteiger partial charge in [0.25, 0.3) is 0 Å². The van der Waals surface area contributed by atoms with Crippen LogP contribution in [-0.2, 0) is 17.9 Å². The summed E-state index contributed by atoms with van der Waals surface area (Å²) in [7, 11) is 0. The lowest BCUT2D eigenvalue weighted by Crippen LogP contribution is -2.41. The highest BCUT2D eigenvalue weighted by Gasteiger charge is 2.20. The summed E-state index contributed by atoms with van der Waals surface area (Å²) < 4.78 is 19.1. The molecule has 2 aromatic rings. The van der Waals surface area contributed by atoms with Crippen LogP contribution in [-0.4, -0.2) is 42.5 Å². The number of benzene rings is 2. The van der Waals surface area contributed by atoms with Crippen molar-refractivity contribution in [3.8, 4) is 5.75 Å². The Bertz CT molecular complexity index is 903. The number of likely N-dealkylation sites (tertiary alicyclic amines) is 1. The second kappa shape index (κ2) is 11.3. The first kappa shape index (κ1) is 22.6. The predicted octanol–water partition coefficient (Wildman–Crippen LogP) is 3.47. The summed E-state index contributed by atoms with van der Waals surface area (Å²) in [6.45, 7) is 7.14. The molecule has 0 saturated carbocycles. The van der Waals surface area contributed by atoms with E-state index < -0.39 is 0 Å². The lowest BCUT2D eigenvalue weighted by molar-refractivity contribution is -0.128. The SMILES string of the molecule is CCNC(=NCc1ccccc1CN1CCCC1=O)NCC(C)Oc1cccc(F)c1. The number of amides is 1. The highest BCUT2D eigenvalue weighted by atomic mass is 19.1. The third-order valence-electron chi connectivity index (χ3n) is 5.09. The van der Waals surface area contributed by atoms with E-state index >= 15 is 0 Å². The van der Waals surface area contributed by atoms with Crippen molar-refractivity contribution < 1.29 is 13.9 Å². The maximum Gasteiger partial charge on any atom is 0.222 e. The molecular weight excluding hydrogens is 395 g/mol. The van der Waals surface area contributed by atoms with Crippen LogP contribution in [0.5, 0.6) is 5.75 Å². The van der Waals surface area contributed by atoms with Gasteiger partial charge in [-0.05, 0) is 43.5 Å². The van der Waals surface area contributed by atoms with E-state index in [2.05, 4.69) is 22.8 Å². The number of aliphatic imine (C=N–C) groups is 1. The number of hydrogen-bond acceptors (Lipinski definition) is 3. The molecule has 166 valence electrons. The Kier molecular flexibility index (Phi) is 8.27. The molecule has 2 N–H and O–H groups in total. The van der Waals surface area contributed by atoms with Gasteiger partial charge in [-0.3, -0.25) is 4.79 Å². The van der Waals surface area contributed by atoms with E-state index in [-0.39, 0.29) is 17.8 Å². The smallest absolute Gasteiger partial charge is 0.222 e. The minimum absolute atomic E-state index is 0.167. The number of guanidine groups is 1. The molecule has 1 atom stereocenters. The minimum atomic E-state index is -0.318. The highest BCUT2D eigenvalue weighted by molar-refractivity contribution is 5.80. The molecule has 3 rings (SSSR count). The second-order valence-corrected chi connectivity index (χ2v) is 7.65. The fraction of sp³-hybridized carbons (Fsp3) is 0.417. The van der Waals surface area contributed by atoms with Gasteiger partial charge in [-0.25, -0.2) is 9.38 Å². The molecule has 7 heteroatoms. The zero-order valence-corrected chi connectivity index (χ0v) is 18.2. The van der Waals surface area contributed by atoms with Crippen molar-refractivity contribution in [1.29, 1.82) is 0 Å². The van der Waals surface area contributed by atoms with Gasteiger partial charge in [-0.2, -0.15) is 0 Å². The molecule has 0 spiro atoms. The van der Waals surface area contributed by atoms with Gasteiger partial charge in [0.2, 0.25) is 5.91 Å². The molecule has 1 heterocycles. The Morgan fingerprint density at radius 3 is 2.71 bits per heavy atom. The number of nitrogens with zero attached hydrogens (tertiary/aromatic N) is 2. The zero-order valence-electron chi connectivity index (χ0n) is 18.2. The van der Waals surface area contributed by atoms with Crippen molar-refractivity contribution in [2.75, 3.05) is 19.6 Å². The van der Waals surface area contributed by atoms with Gasteiger partial charge in [0.1, 0.15) is 17.7 Å². The first-order valence-corrected chi connectivity index (χ1v) is 10.8. The molecule has 31 heavy (non-hydrogen) atoms. The molecule has 1 fully saturated rings. The number of halogens is 1. The number of ether oxygens (including phenoxy) is 1. The van der Waals surface area contributed by atoms with Crippen LogP contribution in [0.25, 0.3) is 0 Å². The summed E-state index contributed by atoms with van der Waals surface area (Å²) in [4.78, 5) is 18.6. The normalized spacial score (nSPS) is 15.1. The molecule has 2 aromatic carbocycles. The van der Waals surface area contributed by atoms with Gasteiger partial charge < -0.3 is 20.3 Å². The van der Waals surface area contributed by atoms with Crippen molar-refractivity contribution in [2.45, 2.75) is 45.9 Å². The molecule has 1 aliphatic rings. The molecule has 0 bridgehead atoms. The third-order valence-corrected chi connectivity index (χ3v) is 5.09. The Balaban J connectivity index is 1.58. The fourth-order valence-electron chi connectivity index (χ4n) is 3.50. The molecule has 1 unspecified atom stereocenters. The van der Waals surface area contributed by atoms with Gasteiger partial charge >= 0.3 is 0 Å². The predicted molar refractivity (Wildman–Crippen MR) is 120 cm³/mol. The van der Waals surface area contributed by atoms with Crippen LogP contribution in [0.3, 0.4) is 0 Å². The third kappa shape index (κ3) is 6.98. The van der Waals surface area contributed by atoms with E-state index in [1.165, 1.54) is 12.1 Å². The summed E-state index contributed by atoms with van der Waals surface area (Å²) >= 11 is 0. The van der Waals surface area contributed by atoms with Crippen LogP contribution in [0.4, 0.5) is 4.39 Å². The molecule has 6 nitrogen and oxygen atoms in total. The van der Waals surface area contributed by atoms with Crippen LogP contribution < -0.4 is 15.4 Å². The average Bonchev–Trinajstić information content (AvgIpc) is 3.15. The van der Waals surface area contributed by atoms with Crippen molar-refractivity contribution in [3.63, 3.8) is 0 Å². The summed E-state index contributed by atoms with van der Waals surface area (Å²) in [5, 5.41) is 6.52. The highest BCUT2D eigenvalue weighted by Crippen LogP contribution is 2.18. The monoisotopic (exact) mass is 426 g/mol. The van der Waals surface area contributed by atoms with E-state index in [0.717, 1.165) is 30.6 Å². The van der Waals surface area contributed by atoms with E-state index in [0.29, 0.717) is 37.8 Å². The summed E-state index contributed by atoms with van der Waals surface area (Å²) in [5.41, 5.74) is 2.23. The molecule has 0 aromatic heterocycles. The first-order valence-electron chi connectivity index (χ1n) is 10.8. The minimum Gasteiger partial charge on any atom is -0.489 e. The van der Waals surface area contributed by atoms with E-state index in [1.807, 2.05) is 30.9 Å². The van der Waals surface area contributed by atoms with Crippen LogP contribution in [0, 0.1) is 5.82 Å². The topological polar surface area (TPSA) is 66.0 Å². The molecule has 1 saturated heterocycles. The Morgan fingerprint density at radius 1 is 1.19 bits per heavy atom. The molecule has 1 aliphatic heterocycles. The largest absolute Gasteiger partial charge is 0.489 e. The summed E-state index contributed by atoms with van der Waals surface area (Å²) in [6.07, 6.45) is 1.41. The quantitative estimate of drug-likeness (QED) is 0.476. The summed E-state index contributed by atoms with van der Waals surface area (Å²) in [6, 6.07) is 14.2. The molecule has 0 aliphatic carbocycles. The van der Waals surface area contributed by atoms with Gasteiger partial charge in [-0.15, -0.1) is 0 Å². The lowest BCUT2D eigenvalue weighted by Gasteiger charge is -2.19. The van der Waals surface area contributed by atoms with Crippen LogP contribution >= 0.6 is 0 Å². The van der Waals surface area contributed by atoms with E-state index in [4.69, 9.17) is 9.73 Å². The van der Waals surface area contributed by atoms with Crippen molar-refractivity contribution in [1.82, 2.24) is 15.5 Å². The van der Waals surface area contributed by atoms with Crippen molar-refractivity contribution >= 4 is 11.9 Å². The number of rotatable bonds is 9. The first-order chi connectivity index (χ1) is 15.0. The van der Waals surface area contributed by atoms with E-state index in [1.54, 1.807) is 12.1 Å². The lowest BCUT2D eigenvalue weighted by atomic mass is 10.1. The summed E-state index contributed by atoms with van der Waals surface area (Å²) in [5.74, 6) is 1.09. The molecule has 1 amide bonds. The van der Waals surface area contributed by atoms with E-state index in [9.17, 15) is 9.18 Å².